The molecule has 0 spiro atoms. The number of carbonyl (C=O) groups is 1. The molecule has 2 amide bonds. The van der Waals surface area contributed by atoms with E-state index in [0.29, 0.717) is 23.8 Å². The average molecular weight is 304 g/mol. The number of nitrogens with one attached hydrogen (secondary N) is 2. The molecule has 21 heavy (non-hydrogen) atoms. The number of nitrogens with two attached hydrogens (primary N) is 1. The van der Waals surface area contributed by atoms with Crippen LogP contribution in [0.4, 0.5) is 10.5 Å². The second-order valence-electron chi connectivity index (χ2n) is 4.67. The maximum Gasteiger partial charge on any atom is 0.319 e. The fourth-order valence-electron chi connectivity index (χ4n) is 1.91. The number of urea groups is 1. The number of halogens is 1. The summed E-state index contributed by atoms with van der Waals surface area (Å²) in [6, 6.07) is 14.8. The van der Waals surface area contributed by atoms with E-state index in [1.54, 1.807) is 24.3 Å². The van der Waals surface area contributed by atoms with Crippen molar-refractivity contribution in [3.05, 3.63) is 64.7 Å². The summed E-state index contributed by atoms with van der Waals surface area (Å²) in [6.45, 7) is 1.11. The number of hydrogen-bond donors (Lipinski definition) is 3. The van der Waals surface area contributed by atoms with E-state index in [4.69, 9.17) is 17.3 Å². The Morgan fingerprint density at radius 2 is 1.81 bits per heavy atom. The van der Waals surface area contributed by atoms with Gasteiger partial charge in [0.05, 0.1) is 0 Å². The molecule has 0 aromatic heterocycles. The van der Waals surface area contributed by atoms with Gasteiger partial charge < -0.3 is 16.4 Å². The fourth-order valence-corrected chi connectivity index (χ4v) is 2.10. The van der Waals surface area contributed by atoms with E-state index >= 15 is 0 Å². The highest BCUT2D eigenvalue weighted by Gasteiger charge is 2.02. The summed E-state index contributed by atoms with van der Waals surface area (Å²) in [7, 11) is 0. The third-order valence-corrected chi connectivity index (χ3v) is 3.23. The molecule has 0 heterocycles. The van der Waals surface area contributed by atoms with Crippen LogP contribution in [-0.2, 0) is 13.0 Å². The van der Waals surface area contributed by atoms with Crippen LogP contribution in [0.25, 0.3) is 0 Å². The van der Waals surface area contributed by atoms with Crippen molar-refractivity contribution in [2.75, 3.05) is 11.9 Å². The summed E-state index contributed by atoms with van der Waals surface area (Å²) in [4.78, 5) is 11.8. The number of anilines is 1. The van der Waals surface area contributed by atoms with E-state index in [-0.39, 0.29) is 6.03 Å². The van der Waals surface area contributed by atoms with Crippen LogP contribution >= 0.6 is 11.6 Å². The van der Waals surface area contributed by atoms with E-state index < -0.39 is 0 Å². The maximum atomic E-state index is 11.8. The van der Waals surface area contributed by atoms with Gasteiger partial charge in [-0.1, -0.05) is 41.9 Å². The van der Waals surface area contributed by atoms with Gasteiger partial charge in [-0.05, 0) is 42.3 Å². The van der Waals surface area contributed by atoms with Gasteiger partial charge in [0.2, 0.25) is 0 Å². The highest BCUT2D eigenvalue weighted by atomic mass is 35.5. The van der Waals surface area contributed by atoms with Crippen molar-refractivity contribution < 1.29 is 4.79 Å². The van der Waals surface area contributed by atoms with Gasteiger partial charge in [-0.15, -0.1) is 0 Å². The van der Waals surface area contributed by atoms with Crippen LogP contribution < -0.4 is 16.4 Å². The van der Waals surface area contributed by atoms with E-state index in [1.807, 2.05) is 24.3 Å². The van der Waals surface area contributed by atoms with Crippen LogP contribution in [0.3, 0.4) is 0 Å². The third kappa shape index (κ3) is 5.10. The van der Waals surface area contributed by atoms with Crippen LogP contribution in [0.1, 0.15) is 11.1 Å². The Kier molecular flexibility index (Phi) is 5.60. The molecule has 4 N–H and O–H groups in total. The van der Waals surface area contributed by atoms with Crippen molar-refractivity contribution in [3.8, 4) is 0 Å². The molecule has 0 unspecified atom stereocenters. The summed E-state index contributed by atoms with van der Waals surface area (Å²) in [5.74, 6) is 0. The highest BCUT2D eigenvalue weighted by Crippen LogP contribution is 2.14. The zero-order valence-electron chi connectivity index (χ0n) is 11.6. The largest absolute Gasteiger partial charge is 0.334 e. The molecule has 0 bridgehead atoms. The monoisotopic (exact) mass is 303 g/mol. The van der Waals surface area contributed by atoms with Crippen molar-refractivity contribution in [2.24, 2.45) is 5.73 Å². The Morgan fingerprint density at radius 1 is 1.10 bits per heavy atom. The average Bonchev–Trinajstić information content (AvgIpc) is 2.47. The Labute approximate surface area is 129 Å². The van der Waals surface area contributed by atoms with Crippen molar-refractivity contribution >= 4 is 23.3 Å². The molecular formula is C16H18ClN3O. The van der Waals surface area contributed by atoms with Crippen molar-refractivity contribution in [3.63, 3.8) is 0 Å². The summed E-state index contributed by atoms with van der Waals surface area (Å²) < 4.78 is 0. The quantitative estimate of drug-likeness (QED) is 0.794. The lowest BCUT2D eigenvalue weighted by Crippen LogP contribution is -2.28. The van der Waals surface area contributed by atoms with Gasteiger partial charge in [0.25, 0.3) is 0 Å². The maximum absolute atomic E-state index is 11.8. The smallest absolute Gasteiger partial charge is 0.319 e. The third-order valence-electron chi connectivity index (χ3n) is 2.99. The second-order valence-corrected chi connectivity index (χ2v) is 5.11. The molecule has 110 valence electrons. The topological polar surface area (TPSA) is 67.1 Å². The summed E-state index contributed by atoms with van der Waals surface area (Å²) in [6.07, 6.45) is 0.864. The Morgan fingerprint density at radius 3 is 2.48 bits per heavy atom. The summed E-state index contributed by atoms with van der Waals surface area (Å²) in [5.41, 5.74) is 8.41. The van der Waals surface area contributed by atoms with Gasteiger partial charge in [-0.25, -0.2) is 4.79 Å². The molecule has 0 radical (unpaired) electrons. The number of carbonyl (C=O) groups excluding carboxylic acids is 1. The fraction of sp³-hybridized carbons (Fsp3) is 0.188. The molecule has 0 saturated heterocycles. The van der Waals surface area contributed by atoms with Gasteiger partial charge in [-0.2, -0.15) is 0 Å². The molecule has 0 aliphatic heterocycles. The van der Waals surface area contributed by atoms with Gasteiger partial charge in [0.15, 0.2) is 0 Å². The number of benzene rings is 2. The van der Waals surface area contributed by atoms with Gasteiger partial charge in [-0.3, -0.25) is 0 Å². The Hall–Kier alpha value is -2.04. The Bertz CT molecular complexity index is 599. The van der Waals surface area contributed by atoms with E-state index in [2.05, 4.69) is 10.6 Å². The molecule has 4 nitrogen and oxygen atoms in total. The molecule has 0 fully saturated rings. The normalized spacial score (nSPS) is 10.2. The van der Waals surface area contributed by atoms with Crippen LogP contribution in [0.15, 0.2) is 48.5 Å². The minimum Gasteiger partial charge on any atom is -0.334 e. The van der Waals surface area contributed by atoms with E-state index in [9.17, 15) is 4.79 Å². The van der Waals surface area contributed by atoms with Crippen LogP contribution in [0.2, 0.25) is 5.02 Å². The first-order valence-corrected chi connectivity index (χ1v) is 7.13. The number of hydrogen-bond acceptors (Lipinski definition) is 2. The van der Waals surface area contributed by atoms with E-state index in [0.717, 1.165) is 12.0 Å². The minimum atomic E-state index is -0.261. The predicted molar refractivity (Wildman–Crippen MR) is 86.5 cm³/mol. The Balaban J connectivity index is 1.83. The molecule has 2 aromatic rings. The zero-order valence-corrected chi connectivity index (χ0v) is 12.4. The molecule has 0 saturated carbocycles. The first kappa shape index (κ1) is 15.4. The lowest BCUT2D eigenvalue weighted by molar-refractivity contribution is 0.251. The SMILES string of the molecule is NCCc1ccc(CNC(=O)Nc2cccc(Cl)c2)cc1. The van der Waals surface area contributed by atoms with Crippen LogP contribution in [0.5, 0.6) is 0 Å². The zero-order chi connectivity index (χ0) is 15.1. The van der Waals surface area contributed by atoms with Crippen molar-refractivity contribution in [1.82, 2.24) is 5.32 Å². The van der Waals surface area contributed by atoms with E-state index in [1.165, 1.54) is 5.56 Å². The predicted octanol–water partition coefficient (Wildman–Crippen LogP) is 3.16. The summed E-state index contributed by atoms with van der Waals surface area (Å²) in [5, 5.41) is 6.12. The first-order valence-electron chi connectivity index (χ1n) is 6.75. The molecule has 0 aliphatic carbocycles. The highest BCUT2D eigenvalue weighted by molar-refractivity contribution is 6.30. The van der Waals surface area contributed by atoms with Crippen molar-refractivity contribution in [1.29, 1.82) is 0 Å². The van der Waals surface area contributed by atoms with Crippen LogP contribution in [0, 0.1) is 0 Å². The standard InChI is InChI=1S/C16H18ClN3O/c17-14-2-1-3-15(10-14)20-16(21)19-11-13-6-4-12(5-7-13)8-9-18/h1-7,10H,8-9,11,18H2,(H2,19,20,21). The van der Waals surface area contributed by atoms with Crippen LogP contribution in [-0.4, -0.2) is 12.6 Å². The lowest BCUT2D eigenvalue weighted by Gasteiger charge is -2.08. The minimum absolute atomic E-state index is 0.261. The molecule has 0 aliphatic rings. The van der Waals surface area contributed by atoms with Crippen molar-refractivity contribution in [2.45, 2.75) is 13.0 Å². The van der Waals surface area contributed by atoms with Gasteiger partial charge in [0, 0.05) is 17.3 Å². The second kappa shape index (κ2) is 7.67. The molecule has 5 heteroatoms. The van der Waals surface area contributed by atoms with Gasteiger partial charge >= 0.3 is 6.03 Å². The molecule has 2 rings (SSSR count). The number of rotatable bonds is 5. The molecule has 2 aromatic carbocycles. The number of amides is 2. The first-order chi connectivity index (χ1) is 10.2. The lowest BCUT2D eigenvalue weighted by atomic mass is 10.1. The van der Waals surface area contributed by atoms with Gasteiger partial charge in [0.1, 0.15) is 0 Å². The molecular weight excluding hydrogens is 286 g/mol. The molecule has 0 atom stereocenters. The summed E-state index contributed by atoms with van der Waals surface area (Å²) >= 11 is 5.86.